The fraction of sp³-hybridized carbons (Fsp3) is 0.250. The predicted octanol–water partition coefficient (Wildman–Crippen LogP) is 4.32. The van der Waals surface area contributed by atoms with Crippen molar-refractivity contribution in [2.45, 2.75) is 12.8 Å². The van der Waals surface area contributed by atoms with Crippen LogP contribution in [0.4, 0.5) is 11.4 Å². The predicted molar refractivity (Wildman–Crippen MR) is 81.1 cm³/mol. The van der Waals surface area contributed by atoms with E-state index >= 15 is 0 Å². The average molecular weight is 302 g/mol. The van der Waals surface area contributed by atoms with Crippen LogP contribution in [0.15, 0.2) is 48.5 Å². The monoisotopic (exact) mass is 301 g/mol. The van der Waals surface area contributed by atoms with Gasteiger partial charge < -0.3 is 4.90 Å². The highest BCUT2D eigenvalue weighted by Gasteiger charge is 2.18. The molecule has 0 saturated heterocycles. The number of rotatable bonds is 2. The topological polar surface area (TPSA) is 3.24 Å². The van der Waals surface area contributed by atoms with Gasteiger partial charge in [-0.2, -0.15) is 0 Å². The van der Waals surface area contributed by atoms with Crippen LogP contribution in [-0.2, 0) is 12.8 Å². The third-order valence-corrected chi connectivity index (χ3v) is 3.89. The molecule has 0 radical (unpaired) electrons. The molecule has 0 saturated carbocycles. The maximum atomic E-state index is 3.57. The van der Waals surface area contributed by atoms with Gasteiger partial charge in [0.1, 0.15) is 0 Å². The summed E-state index contributed by atoms with van der Waals surface area (Å²) in [5.74, 6) is 0. The van der Waals surface area contributed by atoms with E-state index in [0.717, 1.165) is 24.7 Å². The van der Waals surface area contributed by atoms with Crippen molar-refractivity contribution in [1.29, 1.82) is 0 Å². The highest BCUT2D eigenvalue weighted by atomic mass is 79.9. The molecule has 0 unspecified atom stereocenters. The highest BCUT2D eigenvalue weighted by Crippen LogP contribution is 2.35. The van der Waals surface area contributed by atoms with Crippen molar-refractivity contribution in [2.24, 2.45) is 0 Å². The Bertz CT molecular complexity index is 503. The van der Waals surface area contributed by atoms with E-state index in [2.05, 4.69) is 69.4 Å². The maximum absolute atomic E-state index is 3.57. The van der Waals surface area contributed by atoms with Crippen LogP contribution >= 0.6 is 15.9 Å². The van der Waals surface area contributed by atoms with Crippen LogP contribution in [0, 0.1) is 0 Å². The Balaban J connectivity index is 2.15. The Hall–Kier alpha value is -1.28. The number of para-hydroxylation sites is 2. The first-order chi connectivity index (χ1) is 8.90. The van der Waals surface area contributed by atoms with Crippen LogP contribution < -0.4 is 4.90 Å². The Morgan fingerprint density at radius 2 is 1.33 bits per heavy atom. The third-order valence-electron chi connectivity index (χ3n) is 3.54. The fourth-order valence-electron chi connectivity index (χ4n) is 2.70. The minimum absolute atomic E-state index is 0.982. The molecule has 92 valence electrons. The summed E-state index contributed by atoms with van der Waals surface area (Å²) in [5, 5.41) is 0.982. The van der Waals surface area contributed by atoms with Crippen LogP contribution in [-0.4, -0.2) is 11.9 Å². The molecule has 1 nitrogen and oxygen atoms in total. The number of halogens is 1. The lowest BCUT2D eigenvalue weighted by atomic mass is 10.0. The number of hydrogen-bond acceptors (Lipinski definition) is 1. The van der Waals surface area contributed by atoms with Gasteiger partial charge in [0.05, 0.1) is 0 Å². The Morgan fingerprint density at radius 1 is 0.833 bits per heavy atom. The van der Waals surface area contributed by atoms with Gasteiger partial charge in [0.25, 0.3) is 0 Å². The molecule has 0 amide bonds. The highest BCUT2D eigenvalue weighted by molar-refractivity contribution is 9.09. The van der Waals surface area contributed by atoms with Gasteiger partial charge in [0, 0.05) is 23.2 Å². The second kappa shape index (κ2) is 5.15. The summed E-state index contributed by atoms with van der Waals surface area (Å²) in [6.07, 6.45) is 2.26. The molecule has 3 rings (SSSR count). The van der Waals surface area contributed by atoms with Crippen LogP contribution in [0.1, 0.15) is 11.1 Å². The molecule has 0 aromatic heterocycles. The molecule has 1 heterocycles. The molecular formula is C16H16BrN. The normalized spacial score (nSPS) is 13.7. The average Bonchev–Trinajstić information content (AvgIpc) is 2.58. The van der Waals surface area contributed by atoms with Crippen LogP contribution in [0.5, 0.6) is 0 Å². The fourth-order valence-corrected chi connectivity index (χ4v) is 3.05. The molecule has 2 heteroatoms. The molecule has 1 aliphatic heterocycles. The summed E-state index contributed by atoms with van der Waals surface area (Å²) in [5.41, 5.74) is 5.63. The molecule has 1 aliphatic rings. The van der Waals surface area contributed by atoms with Crippen molar-refractivity contribution < 1.29 is 0 Å². The Kier molecular flexibility index (Phi) is 3.37. The van der Waals surface area contributed by atoms with Crippen LogP contribution in [0.2, 0.25) is 0 Å². The van der Waals surface area contributed by atoms with Crippen LogP contribution in [0.3, 0.4) is 0 Å². The van der Waals surface area contributed by atoms with Gasteiger partial charge in [0.2, 0.25) is 0 Å². The summed E-state index contributed by atoms with van der Waals surface area (Å²) >= 11 is 3.57. The quantitative estimate of drug-likeness (QED) is 0.747. The zero-order valence-corrected chi connectivity index (χ0v) is 11.9. The first kappa shape index (κ1) is 11.8. The third kappa shape index (κ3) is 2.05. The smallest absolute Gasteiger partial charge is 0.0443 e. The molecule has 0 spiro atoms. The van der Waals surface area contributed by atoms with Crippen molar-refractivity contribution in [3.63, 3.8) is 0 Å². The summed E-state index contributed by atoms with van der Waals surface area (Å²) in [6.45, 7) is 1.01. The zero-order valence-electron chi connectivity index (χ0n) is 10.3. The van der Waals surface area contributed by atoms with Crippen molar-refractivity contribution in [1.82, 2.24) is 0 Å². The second-order valence-corrected chi connectivity index (χ2v) is 5.39. The number of nitrogens with zero attached hydrogens (tertiary/aromatic N) is 1. The number of hydrogen-bond donors (Lipinski definition) is 0. The van der Waals surface area contributed by atoms with Gasteiger partial charge in [-0.1, -0.05) is 52.3 Å². The lowest BCUT2D eigenvalue weighted by Gasteiger charge is -2.26. The van der Waals surface area contributed by atoms with Gasteiger partial charge in [0.15, 0.2) is 0 Å². The van der Waals surface area contributed by atoms with Gasteiger partial charge in [-0.25, -0.2) is 0 Å². The molecule has 0 aliphatic carbocycles. The second-order valence-electron chi connectivity index (χ2n) is 4.60. The maximum Gasteiger partial charge on any atom is 0.0443 e. The van der Waals surface area contributed by atoms with E-state index in [0.29, 0.717) is 0 Å². The lowest BCUT2D eigenvalue weighted by Crippen LogP contribution is -2.20. The van der Waals surface area contributed by atoms with E-state index in [-0.39, 0.29) is 0 Å². The zero-order chi connectivity index (χ0) is 12.4. The van der Waals surface area contributed by atoms with Crippen molar-refractivity contribution in [3.8, 4) is 0 Å². The minimum Gasteiger partial charge on any atom is -0.340 e. The van der Waals surface area contributed by atoms with Gasteiger partial charge >= 0.3 is 0 Å². The molecule has 0 bridgehead atoms. The standard InChI is InChI=1S/C16H16BrN/c17-11-12-18-15-7-3-1-5-13(15)9-10-14-6-2-4-8-16(14)18/h1-8H,9-12H2. The van der Waals surface area contributed by atoms with E-state index < -0.39 is 0 Å². The molecule has 2 aromatic carbocycles. The molecular weight excluding hydrogens is 286 g/mol. The molecule has 0 atom stereocenters. The molecule has 18 heavy (non-hydrogen) atoms. The Morgan fingerprint density at radius 3 is 1.83 bits per heavy atom. The van der Waals surface area contributed by atoms with E-state index in [1.807, 2.05) is 0 Å². The van der Waals surface area contributed by atoms with Crippen molar-refractivity contribution in [2.75, 3.05) is 16.8 Å². The van der Waals surface area contributed by atoms with Crippen LogP contribution in [0.25, 0.3) is 0 Å². The summed E-state index contributed by atoms with van der Waals surface area (Å²) in [7, 11) is 0. The summed E-state index contributed by atoms with van der Waals surface area (Å²) in [6, 6.07) is 17.5. The van der Waals surface area contributed by atoms with Crippen molar-refractivity contribution in [3.05, 3.63) is 59.7 Å². The Labute approximate surface area is 117 Å². The minimum atomic E-state index is 0.982. The van der Waals surface area contributed by atoms with E-state index in [4.69, 9.17) is 0 Å². The van der Waals surface area contributed by atoms with Gasteiger partial charge in [-0.05, 0) is 36.1 Å². The summed E-state index contributed by atoms with van der Waals surface area (Å²) < 4.78 is 0. The number of aryl methyl sites for hydroxylation is 2. The SMILES string of the molecule is BrCCN1c2ccccc2CCc2ccccc21. The number of anilines is 2. The number of alkyl halides is 1. The van der Waals surface area contributed by atoms with Gasteiger partial charge in [-0.3, -0.25) is 0 Å². The first-order valence-electron chi connectivity index (χ1n) is 6.39. The largest absolute Gasteiger partial charge is 0.340 e. The van der Waals surface area contributed by atoms with E-state index in [9.17, 15) is 0 Å². The molecule has 2 aromatic rings. The molecule has 0 N–H and O–H groups in total. The van der Waals surface area contributed by atoms with E-state index in [1.165, 1.54) is 22.5 Å². The van der Waals surface area contributed by atoms with Gasteiger partial charge in [-0.15, -0.1) is 0 Å². The molecule has 0 fully saturated rings. The number of benzene rings is 2. The first-order valence-corrected chi connectivity index (χ1v) is 7.51. The lowest BCUT2D eigenvalue weighted by molar-refractivity contribution is 0.977. The number of fused-ring (bicyclic) bond motifs is 2. The van der Waals surface area contributed by atoms with E-state index in [1.54, 1.807) is 0 Å². The van der Waals surface area contributed by atoms with Crippen molar-refractivity contribution >= 4 is 27.3 Å². The summed E-state index contributed by atoms with van der Waals surface area (Å²) in [4.78, 5) is 2.44.